The van der Waals surface area contributed by atoms with E-state index in [1.165, 1.54) is 0 Å². The highest BCUT2D eigenvalue weighted by molar-refractivity contribution is 5.76. The zero-order valence-corrected chi connectivity index (χ0v) is 5.75. The number of rotatable bonds is 3. The van der Waals surface area contributed by atoms with Gasteiger partial charge in [-0.05, 0) is 12.1 Å². The highest BCUT2D eigenvalue weighted by Gasteiger charge is 1.82. The second-order valence-corrected chi connectivity index (χ2v) is 1.95. The van der Waals surface area contributed by atoms with Gasteiger partial charge < -0.3 is 10.7 Å². The predicted octanol–water partition coefficient (Wildman–Crippen LogP) is 0.392. The van der Waals surface area contributed by atoms with Gasteiger partial charge in [-0.25, -0.2) is 0 Å². The van der Waals surface area contributed by atoms with E-state index in [-0.39, 0.29) is 0 Å². The molecular weight excluding hydrogens is 126 g/mol. The molecule has 1 heterocycles. The van der Waals surface area contributed by atoms with Crippen molar-refractivity contribution < 1.29 is 0 Å². The highest BCUT2D eigenvalue weighted by atomic mass is 14.8. The molecule has 0 spiro atoms. The molecule has 0 atom stereocenters. The van der Waals surface area contributed by atoms with Crippen LogP contribution in [-0.2, 0) is 0 Å². The molecule has 0 aliphatic heterocycles. The maximum atomic E-state index is 5.24. The minimum atomic E-state index is 0.608. The Morgan fingerprint density at radius 1 is 1.70 bits per heavy atom. The summed E-state index contributed by atoms with van der Waals surface area (Å²) in [5.74, 6) is 0. The van der Waals surface area contributed by atoms with Crippen molar-refractivity contribution in [1.29, 1.82) is 0 Å². The molecule has 3 heteroatoms. The number of hydrogen-bond donors (Lipinski definition) is 2. The van der Waals surface area contributed by atoms with Gasteiger partial charge in [-0.15, -0.1) is 0 Å². The van der Waals surface area contributed by atoms with Crippen molar-refractivity contribution in [3.8, 4) is 0 Å². The summed E-state index contributed by atoms with van der Waals surface area (Å²) in [4.78, 5) is 7.06. The lowest BCUT2D eigenvalue weighted by molar-refractivity contribution is 0.980. The van der Waals surface area contributed by atoms with Gasteiger partial charge in [-0.3, -0.25) is 4.99 Å². The van der Waals surface area contributed by atoms with Gasteiger partial charge in [0.25, 0.3) is 0 Å². The molecule has 1 aromatic rings. The largest absolute Gasteiger partial charge is 0.360 e. The molecule has 3 nitrogen and oxygen atoms in total. The molecule has 54 valence electrons. The van der Waals surface area contributed by atoms with Crippen LogP contribution < -0.4 is 5.73 Å². The molecule has 0 saturated carbocycles. The summed E-state index contributed by atoms with van der Waals surface area (Å²) in [5.41, 5.74) is 6.27. The fraction of sp³-hybridized carbons (Fsp3) is 0.286. The smallest absolute Gasteiger partial charge is 0.0561 e. The lowest BCUT2D eigenvalue weighted by Gasteiger charge is -1.84. The summed E-state index contributed by atoms with van der Waals surface area (Å²) in [5, 5.41) is 0. The van der Waals surface area contributed by atoms with Gasteiger partial charge in [-0.2, -0.15) is 0 Å². The molecule has 0 fully saturated rings. The summed E-state index contributed by atoms with van der Waals surface area (Å²) >= 11 is 0. The van der Waals surface area contributed by atoms with Crippen LogP contribution >= 0.6 is 0 Å². The third-order valence-electron chi connectivity index (χ3n) is 1.11. The van der Waals surface area contributed by atoms with Crippen LogP contribution in [0.15, 0.2) is 23.3 Å². The first-order valence-electron chi connectivity index (χ1n) is 3.27. The van der Waals surface area contributed by atoms with Crippen LogP contribution in [0.1, 0.15) is 5.69 Å². The van der Waals surface area contributed by atoms with E-state index in [1.807, 2.05) is 18.3 Å². The Bertz CT molecular complexity index is 189. The monoisotopic (exact) mass is 137 g/mol. The fourth-order valence-corrected chi connectivity index (χ4v) is 0.662. The molecule has 3 N–H and O–H groups in total. The summed E-state index contributed by atoms with van der Waals surface area (Å²) < 4.78 is 0. The first-order valence-corrected chi connectivity index (χ1v) is 3.27. The number of nitrogens with two attached hydrogens (primary N) is 1. The van der Waals surface area contributed by atoms with E-state index in [0.29, 0.717) is 13.1 Å². The van der Waals surface area contributed by atoms with Crippen LogP contribution in [-0.4, -0.2) is 24.3 Å². The summed E-state index contributed by atoms with van der Waals surface area (Å²) in [6.07, 6.45) is 3.65. The molecule has 10 heavy (non-hydrogen) atoms. The van der Waals surface area contributed by atoms with E-state index >= 15 is 0 Å². The van der Waals surface area contributed by atoms with Crippen LogP contribution in [0.2, 0.25) is 0 Å². The Labute approximate surface area is 60.0 Å². The fourth-order valence-electron chi connectivity index (χ4n) is 0.662. The summed E-state index contributed by atoms with van der Waals surface area (Å²) in [6.45, 7) is 1.30. The average molecular weight is 137 g/mol. The van der Waals surface area contributed by atoms with E-state index in [1.54, 1.807) is 6.21 Å². The maximum absolute atomic E-state index is 5.24. The molecule has 0 aromatic carbocycles. The Balaban J connectivity index is 2.40. The number of aromatic nitrogens is 1. The van der Waals surface area contributed by atoms with Crippen LogP contribution in [0, 0.1) is 0 Å². The Hall–Kier alpha value is -1.09. The highest BCUT2D eigenvalue weighted by Crippen LogP contribution is 1.88. The van der Waals surface area contributed by atoms with Crippen molar-refractivity contribution in [3.63, 3.8) is 0 Å². The van der Waals surface area contributed by atoms with Crippen LogP contribution in [0.5, 0.6) is 0 Å². The Morgan fingerprint density at radius 3 is 3.20 bits per heavy atom. The van der Waals surface area contributed by atoms with E-state index in [4.69, 9.17) is 5.73 Å². The van der Waals surface area contributed by atoms with Gasteiger partial charge in [0.2, 0.25) is 0 Å². The minimum absolute atomic E-state index is 0.608. The SMILES string of the molecule is NCCN=Cc1ccc[nH]1. The maximum Gasteiger partial charge on any atom is 0.0561 e. The average Bonchev–Trinajstić information content (AvgIpc) is 2.41. The standard InChI is InChI=1S/C7H11N3/c8-3-5-9-6-7-2-1-4-10-7/h1-2,4,6,10H,3,5,8H2. The summed E-state index contributed by atoms with van der Waals surface area (Å²) in [6, 6.07) is 3.89. The summed E-state index contributed by atoms with van der Waals surface area (Å²) in [7, 11) is 0. The van der Waals surface area contributed by atoms with E-state index in [9.17, 15) is 0 Å². The number of nitrogens with zero attached hydrogens (tertiary/aromatic N) is 1. The van der Waals surface area contributed by atoms with Crippen LogP contribution in [0.3, 0.4) is 0 Å². The van der Waals surface area contributed by atoms with Gasteiger partial charge in [0.15, 0.2) is 0 Å². The third kappa shape index (κ3) is 2.03. The van der Waals surface area contributed by atoms with Crippen LogP contribution in [0.25, 0.3) is 0 Å². The van der Waals surface area contributed by atoms with Gasteiger partial charge >= 0.3 is 0 Å². The van der Waals surface area contributed by atoms with Crippen LogP contribution in [0.4, 0.5) is 0 Å². The molecule has 0 saturated heterocycles. The molecule has 0 aliphatic rings. The normalized spacial score (nSPS) is 10.9. The minimum Gasteiger partial charge on any atom is -0.360 e. The van der Waals surface area contributed by atoms with Gasteiger partial charge in [-0.1, -0.05) is 0 Å². The number of aromatic amines is 1. The van der Waals surface area contributed by atoms with E-state index in [0.717, 1.165) is 5.69 Å². The third-order valence-corrected chi connectivity index (χ3v) is 1.11. The second-order valence-electron chi connectivity index (χ2n) is 1.95. The predicted molar refractivity (Wildman–Crippen MR) is 42.3 cm³/mol. The molecule has 0 radical (unpaired) electrons. The van der Waals surface area contributed by atoms with Crippen molar-refractivity contribution in [2.75, 3.05) is 13.1 Å². The van der Waals surface area contributed by atoms with Crippen molar-refractivity contribution in [3.05, 3.63) is 24.0 Å². The zero-order valence-electron chi connectivity index (χ0n) is 5.75. The number of aliphatic imine (C=N–C) groups is 1. The number of nitrogens with one attached hydrogen (secondary N) is 1. The molecule has 0 amide bonds. The van der Waals surface area contributed by atoms with E-state index < -0.39 is 0 Å². The number of H-pyrrole nitrogens is 1. The Kier molecular flexibility index (Phi) is 2.70. The zero-order chi connectivity index (χ0) is 7.23. The molecule has 1 aromatic heterocycles. The molecular formula is C7H11N3. The second kappa shape index (κ2) is 3.85. The number of hydrogen-bond acceptors (Lipinski definition) is 2. The lowest BCUT2D eigenvalue weighted by atomic mass is 10.5. The quantitative estimate of drug-likeness (QED) is 0.582. The van der Waals surface area contributed by atoms with Crippen molar-refractivity contribution in [2.24, 2.45) is 10.7 Å². The molecule has 0 unspecified atom stereocenters. The van der Waals surface area contributed by atoms with Crippen molar-refractivity contribution in [1.82, 2.24) is 4.98 Å². The topological polar surface area (TPSA) is 54.2 Å². The van der Waals surface area contributed by atoms with Crippen molar-refractivity contribution >= 4 is 6.21 Å². The van der Waals surface area contributed by atoms with E-state index in [2.05, 4.69) is 9.98 Å². The first-order chi connectivity index (χ1) is 4.93. The Morgan fingerprint density at radius 2 is 2.60 bits per heavy atom. The first kappa shape index (κ1) is 7.02. The van der Waals surface area contributed by atoms with Gasteiger partial charge in [0.1, 0.15) is 0 Å². The molecule has 0 bridgehead atoms. The molecule has 0 aliphatic carbocycles. The van der Waals surface area contributed by atoms with Gasteiger partial charge in [0, 0.05) is 19.0 Å². The van der Waals surface area contributed by atoms with Crippen molar-refractivity contribution in [2.45, 2.75) is 0 Å². The lowest BCUT2D eigenvalue weighted by Crippen LogP contribution is -2.02. The van der Waals surface area contributed by atoms with Gasteiger partial charge in [0.05, 0.1) is 12.2 Å². The molecule has 1 rings (SSSR count).